The molecule has 1 N–H and O–H groups in total. The molecule has 1 unspecified atom stereocenters. The van der Waals surface area contributed by atoms with Crippen LogP contribution in [0.15, 0.2) is 0 Å². The summed E-state index contributed by atoms with van der Waals surface area (Å²) in [5, 5.41) is 10.6. The highest BCUT2D eigenvalue weighted by atomic mass is 79.9. The number of alkyl halides is 1. The second-order valence-electron chi connectivity index (χ2n) is 15.3. The normalized spacial score (nSPS) is 52.6. The van der Waals surface area contributed by atoms with Gasteiger partial charge in [0.2, 0.25) is 0 Å². The second-order valence-corrected chi connectivity index (χ2v) is 16.7. The third-order valence-corrected chi connectivity index (χ3v) is 14.9. The number of hydrogen-bond acceptors (Lipinski definition) is 3. The van der Waals surface area contributed by atoms with E-state index >= 15 is 0 Å². The molecule has 5 heteroatoms. The van der Waals surface area contributed by atoms with Gasteiger partial charge in [0.15, 0.2) is 0 Å². The maximum absolute atomic E-state index is 12.9. The van der Waals surface area contributed by atoms with Crippen LogP contribution in [-0.2, 0) is 14.3 Å². The van der Waals surface area contributed by atoms with Crippen molar-refractivity contribution in [3.8, 4) is 0 Å². The molecule has 5 rings (SSSR count). The van der Waals surface area contributed by atoms with Gasteiger partial charge in [0, 0.05) is 16.7 Å². The molecule has 0 spiro atoms. The molecule has 4 saturated carbocycles. The first-order chi connectivity index (χ1) is 16.0. The van der Waals surface area contributed by atoms with E-state index in [2.05, 4.69) is 64.4 Å². The SMILES string of the molecule is CC1(C)CC[C@]2(C(=O)O)CC[C@]3(C)C(Br)(CC[C@@H]4[C@@]5(C)CCC(=O)OC(C)(C)[C@@H]5CC[C@]43C)[C@@H]2C1. The van der Waals surface area contributed by atoms with Crippen molar-refractivity contribution in [3.05, 3.63) is 0 Å². The largest absolute Gasteiger partial charge is 0.481 e. The van der Waals surface area contributed by atoms with Crippen molar-refractivity contribution in [1.29, 1.82) is 0 Å². The summed E-state index contributed by atoms with van der Waals surface area (Å²) in [6.45, 7) is 16.4. The number of hydrogen-bond donors (Lipinski definition) is 1. The minimum Gasteiger partial charge on any atom is -0.481 e. The van der Waals surface area contributed by atoms with Crippen LogP contribution in [0.25, 0.3) is 0 Å². The maximum Gasteiger partial charge on any atom is 0.309 e. The molecule has 1 saturated heterocycles. The maximum atomic E-state index is 12.9. The lowest BCUT2D eigenvalue weighted by molar-refractivity contribution is -0.231. The van der Waals surface area contributed by atoms with Gasteiger partial charge in [-0.15, -0.1) is 0 Å². The Morgan fingerprint density at radius 3 is 2.14 bits per heavy atom. The van der Waals surface area contributed by atoms with E-state index < -0.39 is 17.0 Å². The van der Waals surface area contributed by atoms with Gasteiger partial charge < -0.3 is 9.84 Å². The van der Waals surface area contributed by atoms with E-state index in [1.165, 1.54) is 0 Å². The molecule has 0 bridgehead atoms. The van der Waals surface area contributed by atoms with E-state index in [4.69, 9.17) is 4.74 Å². The molecule has 1 heterocycles. The lowest BCUT2D eigenvalue weighted by Gasteiger charge is -2.74. The van der Waals surface area contributed by atoms with Gasteiger partial charge in [0.05, 0.1) is 5.41 Å². The van der Waals surface area contributed by atoms with Crippen LogP contribution >= 0.6 is 15.9 Å². The third-order valence-electron chi connectivity index (χ3n) is 13.1. The predicted molar refractivity (Wildman–Crippen MR) is 141 cm³/mol. The molecule has 8 atom stereocenters. The fourth-order valence-electron chi connectivity index (χ4n) is 11.0. The molecule has 0 aromatic heterocycles. The summed E-state index contributed by atoms with van der Waals surface area (Å²) in [6.07, 6.45) is 10.3. The van der Waals surface area contributed by atoms with Crippen LogP contribution in [0.3, 0.4) is 0 Å². The Balaban J connectivity index is 1.60. The Morgan fingerprint density at radius 1 is 0.857 bits per heavy atom. The molecule has 198 valence electrons. The fraction of sp³-hybridized carbons (Fsp3) is 0.933. The Hall–Kier alpha value is -0.580. The first kappa shape index (κ1) is 26.0. The summed E-state index contributed by atoms with van der Waals surface area (Å²) in [6, 6.07) is 0. The average Bonchev–Trinajstić information content (AvgIpc) is 2.82. The van der Waals surface area contributed by atoms with Crippen molar-refractivity contribution in [3.63, 3.8) is 0 Å². The minimum absolute atomic E-state index is 0.00917. The monoisotopic (exact) mass is 550 g/mol. The van der Waals surface area contributed by atoms with Crippen molar-refractivity contribution in [2.24, 2.45) is 44.8 Å². The number of carboxylic acids is 1. The first-order valence-electron chi connectivity index (χ1n) is 14.1. The van der Waals surface area contributed by atoms with Gasteiger partial charge in [-0.25, -0.2) is 0 Å². The molecule has 0 aromatic rings. The quantitative estimate of drug-likeness (QED) is 0.267. The number of aliphatic carboxylic acids is 1. The number of ether oxygens (including phenoxy) is 1. The Kier molecular flexibility index (Phi) is 5.58. The van der Waals surface area contributed by atoms with Crippen molar-refractivity contribution in [1.82, 2.24) is 0 Å². The van der Waals surface area contributed by atoms with Gasteiger partial charge in [-0.05, 0) is 112 Å². The number of esters is 1. The average molecular weight is 552 g/mol. The van der Waals surface area contributed by atoms with Crippen molar-refractivity contribution >= 4 is 27.9 Å². The van der Waals surface area contributed by atoms with E-state index in [0.717, 1.165) is 64.2 Å². The predicted octanol–water partition coefficient (Wildman–Crippen LogP) is 7.77. The van der Waals surface area contributed by atoms with Gasteiger partial charge in [0.25, 0.3) is 0 Å². The van der Waals surface area contributed by atoms with E-state index in [1.807, 2.05) is 0 Å². The Morgan fingerprint density at radius 2 is 1.49 bits per heavy atom. The van der Waals surface area contributed by atoms with Crippen molar-refractivity contribution < 1.29 is 19.4 Å². The lowest BCUT2D eigenvalue weighted by Crippen LogP contribution is -2.72. The summed E-state index contributed by atoms with van der Waals surface area (Å²) >= 11 is 4.43. The summed E-state index contributed by atoms with van der Waals surface area (Å²) < 4.78 is 5.85. The molecular formula is C30H47BrO4. The Bertz CT molecular complexity index is 943. The molecule has 35 heavy (non-hydrogen) atoms. The highest BCUT2D eigenvalue weighted by Crippen LogP contribution is 2.79. The number of rotatable bonds is 1. The highest BCUT2D eigenvalue weighted by Gasteiger charge is 2.75. The zero-order valence-electron chi connectivity index (χ0n) is 23.1. The van der Waals surface area contributed by atoms with Crippen LogP contribution in [0.1, 0.15) is 119 Å². The fourth-order valence-corrected chi connectivity index (χ4v) is 12.5. The molecule has 5 fully saturated rings. The van der Waals surface area contributed by atoms with Crippen molar-refractivity contribution in [2.45, 2.75) is 129 Å². The molecule has 4 nitrogen and oxygen atoms in total. The summed E-state index contributed by atoms with van der Waals surface area (Å²) in [5.41, 5.74) is -0.718. The number of halogens is 1. The van der Waals surface area contributed by atoms with E-state index in [0.29, 0.717) is 18.3 Å². The van der Waals surface area contributed by atoms with Crippen LogP contribution in [0.4, 0.5) is 0 Å². The zero-order valence-corrected chi connectivity index (χ0v) is 24.6. The molecule has 0 amide bonds. The lowest BCUT2D eigenvalue weighted by atomic mass is 9.32. The summed E-state index contributed by atoms with van der Waals surface area (Å²) in [4.78, 5) is 25.5. The molecule has 5 aliphatic rings. The Labute approximate surface area is 220 Å². The van der Waals surface area contributed by atoms with Crippen molar-refractivity contribution in [2.75, 3.05) is 0 Å². The number of fused-ring (bicyclic) bond motifs is 7. The van der Waals surface area contributed by atoms with Gasteiger partial charge in [-0.1, -0.05) is 50.5 Å². The number of carbonyl (C=O) groups is 2. The van der Waals surface area contributed by atoms with Crippen LogP contribution < -0.4 is 0 Å². The van der Waals surface area contributed by atoms with Crippen LogP contribution in [-0.4, -0.2) is 27.0 Å². The van der Waals surface area contributed by atoms with Gasteiger partial charge >= 0.3 is 11.9 Å². The van der Waals surface area contributed by atoms with Crippen LogP contribution in [0, 0.1) is 44.8 Å². The van der Waals surface area contributed by atoms with E-state index in [-0.39, 0.29) is 37.9 Å². The second kappa shape index (κ2) is 7.50. The molecule has 0 aromatic carbocycles. The topological polar surface area (TPSA) is 63.6 Å². The van der Waals surface area contributed by atoms with E-state index in [9.17, 15) is 14.7 Å². The van der Waals surface area contributed by atoms with Gasteiger partial charge in [-0.2, -0.15) is 0 Å². The third kappa shape index (κ3) is 3.21. The van der Waals surface area contributed by atoms with E-state index in [1.54, 1.807) is 0 Å². The molecule has 0 radical (unpaired) electrons. The van der Waals surface area contributed by atoms with Gasteiger partial charge in [0.1, 0.15) is 5.60 Å². The summed E-state index contributed by atoms with van der Waals surface area (Å²) in [7, 11) is 0. The number of carbonyl (C=O) groups excluding carboxylic acids is 1. The smallest absolute Gasteiger partial charge is 0.309 e. The molecule has 1 aliphatic heterocycles. The van der Waals surface area contributed by atoms with Crippen LogP contribution in [0.2, 0.25) is 0 Å². The first-order valence-corrected chi connectivity index (χ1v) is 14.9. The van der Waals surface area contributed by atoms with Crippen LogP contribution in [0.5, 0.6) is 0 Å². The standard InChI is InChI=1S/C30H47BrO4/c1-24(2)14-16-29(23(33)34)17-15-28(7)27(6)12-8-19-25(3,4)35-22(32)10-11-26(19,5)20(27)9-13-30(28,31)21(29)18-24/h19-21H,8-18H2,1-7H3,(H,33,34)/t19-,20+,21+,26-,27+,28-,29-,30?/m0/s1. The minimum atomic E-state index is -0.604. The van der Waals surface area contributed by atoms with Gasteiger partial charge in [-0.3, -0.25) is 9.59 Å². The molecular weight excluding hydrogens is 504 g/mol. The highest BCUT2D eigenvalue weighted by molar-refractivity contribution is 9.10. The zero-order chi connectivity index (χ0) is 25.9. The number of carboxylic acid groups (broad SMARTS) is 1. The summed E-state index contributed by atoms with van der Waals surface area (Å²) in [5.74, 6) is 0.405. The molecule has 4 aliphatic carbocycles. The number of cyclic esters (lactones) is 1.